The van der Waals surface area contributed by atoms with Gasteiger partial charge in [0, 0.05) is 6.42 Å². The van der Waals surface area contributed by atoms with Gasteiger partial charge in [-0.25, -0.2) is 0 Å². The summed E-state index contributed by atoms with van der Waals surface area (Å²) in [5, 5.41) is 23.1. The normalized spacial score (nSPS) is 12.8. The summed E-state index contributed by atoms with van der Waals surface area (Å²) < 4.78 is 0. The van der Waals surface area contributed by atoms with Crippen molar-refractivity contribution in [3.63, 3.8) is 0 Å². The Hall–Kier alpha value is -0.610. The minimum Gasteiger partial charge on any atom is -0.394 e. The topological polar surface area (TPSA) is 69.6 Å². The number of hydrogen-bond acceptors (Lipinski definition) is 3. The number of unbranched alkanes of at least 4 members (excludes halogenated alkanes) is 38. The summed E-state index contributed by atoms with van der Waals surface area (Å²) in [6, 6.07) is -0.528. The van der Waals surface area contributed by atoms with Crippen molar-refractivity contribution in [2.45, 2.75) is 296 Å². The van der Waals surface area contributed by atoms with E-state index in [1.54, 1.807) is 0 Å². The first-order valence-corrected chi connectivity index (χ1v) is 24.2. The third-order valence-corrected chi connectivity index (χ3v) is 11.6. The lowest BCUT2D eigenvalue weighted by Gasteiger charge is -2.22. The van der Waals surface area contributed by atoms with Gasteiger partial charge in [-0.05, 0) is 12.8 Å². The van der Waals surface area contributed by atoms with Crippen molar-refractivity contribution in [3.05, 3.63) is 0 Å². The Kier molecular flexibility index (Phi) is 44.3. The number of amides is 1. The van der Waals surface area contributed by atoms with Gasteiger partial charge in [0.05, 0.1) is 18.8 Å². The lowest BCUT2D eigenvalue weighted by molar-refractivity contribution is -0.123. The van der Waals surface area contributed by atoms with Crippen molar-refractivity contribution in [1.82, 2.24) is 5.32 Å². The molecule has 0 bridgehead atoms. The van der Waals surface area contributed by atoms with Crippen LogP contribution in [0.5, 0.6) is 0 Å². The molecule has 4 nitrogen and oxygen atoms in total. The summed E-state index contributed by atoms with van der Waals surface area (Å²) in [6.07, 6.45) is 55.2. The molecular formula is C48H97NO3. The first kappa shape index (κ1) is 51.4. The quantitative estimate of drug-likeness (QED) is 0.0545. The van der Waals surface area contributed by atoms with Crippen LogP contribution < -0.4 is 5.32 Å². The Bertz CT molecular complexity index is 670. The number of carbonyl (C=O) groups excluding carboxylic acids is 1. The van der Waals surface area contributed by atoms with Gasteiger partial charge in [0.25, 0.3) is 0 Å². The maximum absolute atomic E-state index is 12.3. The summed E-state index contributed by atoms with van der Waals surface area (Å²) >= 11 is 0. The smallest absolute Gasteiger partial charge is 0.220 e. The van der Waals surface area contributed by atoms with Gasteiger partial charge in [0.2, 0.25) is 5.91 Å². The molecule has 0 aromatic heterocycles. The summed E-state index contributed by atoms with van der Waals surface area (Å²) in [5.74, 6) is -0.0323. The van der Waals surface area contributed by atoms with Crippen LogP contribution in [-0.2, 0) is 4.79 Å². The van der Waals surface area contributed by atoms with Gasteiger partial charge in [-0.3, -0.25) is 4.79 Å². The number of aliphatic hydroxyl groups excluding tert-OH is 2. The Morgan fingerprint density at radius 2 is 0.615 bits per heavy atom. The molecule has 2 atom stereocenters. The SMILES string of the molecule is CCCCCCCCCCCCCCCCCCCCCCCCCCCCCCCCCCC(O)C(CO)NC(=O)CCCCCCCCCC. The Labute approximate surface area is 327 Å². The molecule has 52 heavy (non-hydrogen) atoms. The van der Waals surface area contributed by atoms with E-state index in [2.05, 4.69) is 19.2 Å². The fourth-order valence-corrected chi connectivity index (χ4v) is 7.89. The third-order valence-electron chi connectivity index (χ3n) is 11.6. The van der Waals surface area contributed by atoms with Gasteiger partial charge >= 0.3 is 0 Å². The van der Waals surface area contributed by atoms with Crippen molar-refractivity contribution < 1.29 is 15.0 Å². The molecule has 0 aromatic carbocycles. The molecule has 0 aliphatic heterocycles. The van der Waals surface area contributed by atoms with Gasteiger partial charge in [-0.2, -0.15) is 0 Å². The van der Waals surface area contributed by atoms with E-state index in [-0.39, 0.29) is 12.5 Å². The summed E-state index contributed by atoms with van der Waals surface area (Å²) in [4.78, 5) is 12.3. The van der Waals surface area contributed by atoms with Crippen molar-refractivity contribution in [2.75, 3.05) is 6.61 Å². The van der Waals surface area contributed by atoms with Gasteiger partial charge < -0.3 is 15.5 Å². The molecule has 312 valence electrons. The molecule has 0 saturated heterocycles. The van der Waals surface area contributed by atoms with E-state index in [1.165, 1.54) is 231 Å². The Balaban J connectivity index is 3.32. The number of aliphatic hydroxyl groups is 2. The Morgan fingerprint density at radius 1 is 0.385 bits per heavy atom. The number of carbonyl (C=O) groups is 1. The maximum Gasteiger partial charge on any atom is 0.220 e. The second kappa shape index (κ2) is 44.8. The van der Waals surface area contributed by atoms with Crippen molar-refractivity contribution in [1.29, 1.82) is 0 Å². The van der Waals surface area contributed by atoms with E-state index in [1.807, 2.05) is 0 Å². The monoisotopic (exact) mass is 736 g/mol. The highest BCUT2D eigenvalue weighted by molar-refractivity contribution is 5.76. The van der Waals surface area contributed by atoms with E-state index >= 15 is 0 Å². The molecule has 0 radical (unpaired) electrons. The summed E-state index contributed by atoms with van der Waals surface area (Å²) in [6.45, 7) is 4.35. The highest BCUT2D eigenvalue weighted by Crippen LogP contribution is 2.18. The van der Waals surface area contributed by atoms with Crippen molar-refractivity contribution in [2.24, 2.45) is 0 Å². The van der Waals surface area contributed by atoms with E-state index in [0.29, 0.717) is 12.8 Å². The van der Waals surface area contributed by atoms with Gasteiger partial charge in [-0.15, -0.1) is 0 Å². The van der Waals surface area contributed by atoms with Crippen LogP contribution in [-0.4, -0.2) is 34.9 Å². The number of rotatable bonds is 45. The van der Waals surface area contributed by atoms with Crippen molar-refractivity contribution in [3.8, 4) is 0 Å². The molecule has 0 fully saturated rings. The van der Waals surface area contributed by atoms with Crippen LogP contribution in [0.3, 0.4) is 0 Å². The van der Waals surface area contributed by atoms with E-state index in [9.17, 15) is 15.0 Å². The van der Waals surface area contributed by atoms with E-state index in [0.717, 1.165) is 25.7 Å². The standard InChI is InChI=1S/C48H97NO3/c1-3-5-7-9-11-13-14-15-16-17-18-19-20-21-22-23-24-25-26-27-28-29-30-31-32-33-34-35-36-37-39-41-43-47(51)46(45-50)49-48(52)44-42-40-38-12-10-8-6-4-2/h46-47,50-51H,3-45H2,1-2H3,(H,49,52). The maximum atomic E-state index is 12.3. The van der Waals surface area contributed by atoms with E-state index in [4.69, 9.17) is 0 Å². The molecule has 0 heterocycles. The molecule has 0 rings (SSSR count). The average Bonchev–Trinajstić information content (AvgIpc) is 3.15. The fourth-order valence-electron chi connectivity index (χ4n) is 7.89. The van der Waals surface area contributed by atoms with Crippen LogP contribution >= 0.6 is 0 Å². The van der Waals surface area contributed by atoms with Crippen LogP contribution in [0.1, 0.15) is 284 Å². The minimum atomic E-state index is -0.652. The molecule has 4 heteroatoms. The zero-order valence-electron chi connectivity index (χ0n) is 35.9. The van der Waals surface area contributed by atoms with Crippen molar-refractivity contribution >= 4 is 5.91 Å². The van der Waals surface area contributed by atoms with Gasteiger partial charge in [0.15, 0.2) is 0 Å². The predicted octanol–water partition coefficient (Wildman–Crippen LogP) is 15.2. The molecule has 0 spiro atoms. The second-order valence-electron chi connectivity index (χ2n) is 16.9. The molecule has 2 unspecified atom stereocenters. The zero-order chi connectivity index (χ0) is 37.8. The molecule has 0 aliphatic carbocycles. The number of hydrogen-bond donors (Lipinski definition) is 3. The van der Waals surface area contributed by atoms with Crippen LogP contribution in [0.25, 0.3) is 0 Å². The van der Waals surface area contributed by atoms with Gasteiger partial charge in [-0.1, -0.05) is 264 Å². The zero-order valence-corrected chi connectivity index (χ0v) is 35.9. The van der Waals surface area contributed by atoms with E-state index < -0.39 is 12.1 Å². The third kappa shape index (κ3) is 40.6. The lowest BCUT2D eigenvalue weighted by atomic mass is 10.0. The summed E-state index contributed by atoms with van der Waals surface area (Å²) in [7, 11) is 0. The molecular weight excluding hydrogens is 639 g/mol. The first-order chi connectivity index (χ1) is 25.7. The highest BCUT2D eigenvalue weighted by Gasteiger charge is 2.20. The highest BCUT2D eigenvalue weighted by atomic mass is 16.3. The average molecular weight is 736 g/mol. The van der Waals surface area contributed by atoms with Crippen LogP contribution in [0.15, 0.2) is 0 Å². The van der Waals surface area contributed by atoms with Crippen LogP contribution in [0.4, 0.5) is 0 Å². The fraction of sp³-hybridized carbons (Fsp3) is 0.979. The molecule has 3 N–H and O–H groups in total. The van der Waals surface area contributed by atoms with Crippen LogP contribution in [0.2, 0.25) is 0 Å². The number of nitrogens with one attached hydrogen (secondary N) is 1. The van der Waals surface area contributed by atoms with Crippen LogP contribution in [0, 0.1) is 0 Å². The Morgan fingerprint density at radius 3 is 0.865 bits per heavy atom. The second-order valence-corrected chi connectivity index (χ2v) is 16.9. The molecule has 1 amide bonds. The molecule has 0 aliphatic rings. The first-order valence-electron chi connectivity index (χ1n) is 24.2. The predicted molar refractivity (Wildman–Crippen MR) is 230 cm³/mol. The van der Waals surface area contributed by atoms with Gasteiger partial charge in [0.1, 0.15) is 0 Å². The lowest BCUT2D eigenvalue weighted by Crippen LogP contribution is -2.45. The largest absolute Gasteiger partial charge is 0.394 e. The minimum absolute atomic E-state index is 0.0323. The molecule has 0 aromatic rings. The summed E-state index contributed by atoms with van der Waals surface area (Å²) in [5.41, 5.74) is 0. The molecule has 0 saturated carbocycles.